The number of Topliss-reactive ketones (excluding diaryl/α,β-unsaturated/α-hetero) is 1. The quantitative estimate of drug-likeness (QED) is 0.837. The summed E-state index contributed by atoms with van der Waals surface area (Å²) in [7, 11) is 1.46. The molecule has 0 atom stereocenters. The van der Waals surface area contributed by atoms with E-state index in [2.05, 4.69) is 20.7 Å². The molecule has 1 aromatic carbocycles. The van der Waals surface area contributed by atoms with Gasteiger partial charge in [-0.25, -0.2) is 0 Å². The van der Waals surface area contributed by atoms with Gasteiger partial charge in [-0.05, 0) is 18.2 Å². The largest absolute Gasteiger partial charge is 0.484 e. The molecule has 0 amide bonds. The number of carbonyl (C=O) groups is 1. The molecule has 0 fully saturated rings. The van der Waals surface area contributed by atoms with Gasteiger partial charge in [-0.2, -0.15) is 0 Å². The minimum atomic E-state index is -0.128. The fourth-order valence-electron chi connectivity index (χ4n) is 0.953. The van der Waals surface area contributed by atoms with E-state index in [-0.39, 0.29) is 19.0 Å². The van der Waals surface area contributed by atoms with Crippen LogP contribution in [0.5, 0.6) is 5.75 Å². The van der Waals surface area contributed by atoms with Gasteiger partial charge < -0.3 is 9.47 Å². The van der Waals surface area contributed by atoms with Gasteiger partial charge in [-0.15, -0.1) is 0 Å². The first kappa shape index (κ1) is 12.5. The van der Waals surface area contributed by atoms with Crippen molar-refractivity contribution in [1.29, 1.82) is 0 Å². The number of ether oxygens (including phenoxy) is 2. The van der Waals surface area contributed by atoms with E-state index in [0.717, 1.165) is 4.47 Å². The van der Waals surface area contributed by atoms with Gasteiger partial charge in [0.2, 0.25) is 0 Å². The zero-order chi connectivity index (χ0) is 11.3. The molecule has 0 aliphatic carbocycles. The van der Waals surface area contributed by atoms with E-state index in [1.807, 2.05) is 0 Å². The molecule has 0 aliphatic rings. The van der Waals surface area contributed by atoms with Crippen LogP contribution in [0, 0.1) is 0 Å². The Balaban J connectivity index is 2.54. The molecule has 3 nitrogen and oxygen atoms in total. The fraction of sp³-hybridized carbons (Fsp3) is 0.300. The summed E-state index contributed by atoms with van der Waals surface area (Å²) >= 11 is 9.17. The molecule has 0 aliphatic heterocycles. The first-order valence-electron chi connectivity index (χ1n) is 4.22. The molecule has 0 N–H and O–H groups in total. The van der Waals surface area contributed by atoms with Crippen LogP contribution in [0.15, 0.2) is 22.7 Å². The highest BCUT2D eigenvalue weighted by atomic mass is 79.9. The van der Waals surface area contributed by atoms with E-state index < -0.39 is 0 Å². The number of carbonyl (C=O) groups excluding carboxylic acids is 1. The summed E-state index contributed by atoms with van der Waals surface area (Å²) in [6, 6.07) is 5.20. The van der Waals surface area contributed by atoms with Crippen LogP contribution in [-0.4, -0.2) is 26.1 Å². The fourth-order valence-corrected chi connectivity index (χ4v) is 1.68. The Bertz CT molecular complexity index is 355. The number of benzene rings is 1. The highest BCUT2D eigenvalue weighted by molar-refractivity contribution is 9.10. The molecule has 5 heteroatoms. The number of ketones is 1. The van der Waals surface area contributed by atoms with Crippen molar-refractivity contribution in [1.82, 2.24) is 0 Å². The molecular formula is C10H10BrClO3. The lowest BCUT2D eigenvalue weighted by Gasteiger charge is -2.06. The van der Waals surface area contributed by atoms with Crippen LogP contribution in [0.25, 0.3) is 0 Å². The van der Waals surface area contributed by atoms with Crippen molar-refractivity contribution in [3.63, 3.8) is 0 Å². The molecule has 0 radical (unpaired) electrons. The number of halogens is 2. The topological polar surface area (TPSA) is 35.5 Å². The van der Waals surface area contributed by atoms with Gasteiger partial charge >= 0.3 is 0 Å². The predicted octanol–water partition coefficient (Wildman–Crippen LogP) is 2.70. The van der Waals surface area contributed by atoms with Crippen molar-refractivity contribution in [2.24, 2.45) is 0 Å². The Kier molecular flexibility index (Phi) is 5.08. The van der Waals surface area contributed by atoms with Gasteiger partial charge in [0.25, 0.3) is 0 Å². The summed E-state index contributed by atoms with van der Waals surface area (Å²) < 4.78 is 10.8. The SMILES string of the molecule is COCC(=O)COc1ccc(Br)cc1Cl. The molecule has 0 saturated carbocycles. The zero-order valence-corrected chi connectivity index (χ0v) is 10.5. The van der Waals surface area contributed by atoms with Gasteiger partial charge in [0.1, 0.15) is 19.0 Å². The smallest absolute Gasteiger partial charge is 0.195 e. The predicted molar refractivity (Wildman–Crippen MR) is 61.5 cm³/mol. The third kappa shape index (κ3) is 4.20. The second kappa shape index (κ2) is 6.10. The van der Waals surface area contributed by atoms with Crippen LogP contribution in [0.2, 0.25) is 5.02 Å². The second-order valence-corrected chi connectivity index (χ2v) is 4.16. The molecule has 82 valence electrons. The molecule has 15 heavy (non-hydrogen) atoms. The van der Waals surface area contributed by atoms with E-state index in [1.54, 1.807) is 18.2 Å². The maximum atomic E-state index is 11.1. The summed E-state index contributed by atoms with van der Waals surface area (Å²) in [5.41, 5.74) is 0. The summed E-state index contributed by atoms with van der Waals surface area (Å²) in [6.07, 6.45) is 0. The highest BCUT2D eigenvalue weighted by Crippen LogP contribution is 2.27. The third-order valence-corrected chi connectivity index (χ3v) is 2.38. The number of methoxy groups -OCH3 is 1. The Hall–Kier alpha value is -0.580. The van der Waals surface area contributed by atoms with Crippen molar-refractivity contribution in [3.05, 3.63) is 27.7 Å². The molecule has 0 bridgehead atoms. The third-order valence-electron chi connectivity index (χ3n) is 1.59. The molecule has 0 spiro atoms. The van der Waals surface area contributed by atoms with Crippen LogP contribution < -0.4 is 4.74 Å². The van der Waals surface area contributed by atoms with E-state index in [1.165, 1.54) is 7.11 Å². The normalized spacial score (nSPS) is 10.1. The molecule has 0 aromatic heterocycles. The van der Waals surface area contributed by atoms with Gasteiger partial charge in [0.15, 0.2) is 5.78 Å². The Morgan fingerprint density at radius 1 is 1.47 bits per heavy atom. The lowest BCUT2D eigenvalue weighted by molar-refractivity contribution is -0.124. The van der Waals surface area contributed by atoms with Crippen LogP contribution in [0.3, 0.4) is 0 Å². The molecule has 0 unspecified atom stereocenters. The Labute approximate surface area is 101 Å². The number of rotatable bonds is 5. The van der Waals surface area contributed by atoms with Crippen molar-refractivity contribution < 1.29 is 14.3 Å². The van der Waals surface area contributed by atoms with E-state index >= 15 is 0 Å². The standard InChI is InChI=1S/C10H10BrClO3/c1-14-5-8(13)6-15-10-3-2-7(11)4-9(10)12/h2-4H,5-6H2,1H3. The molecule has 0 heterocycles. The molecule has 1 rings (SSSR count). The average molecular weight is 294 g/mol. The number of hydrogen-bond acceptors (Lipinski definition) is 3. The first-order valence-corrected chi connectivity index (χ1v) is 5.39. The van der Waals surface area contributed by atoms with E-state index in [9.17, 15) is 4.79 Å². The summed E-state index contributed by atoms with van der Waals surface area (Å²) in [6.45, 7) is 0.0172. The van der Waals surface area contributed by atoms with E-state index in [4.69, 9.17) is 16.3 Å². The Morgan fingerprint density at radius 2 is 2.20 bits per heavy atom. The summed E-state index contributed by atoms with van der Waals surface area (Å²) in [5, 5.41) is 0.467. The minimum absolute atomic E-state index is 0.0325. The summed E-state index contributed by atoms with van der Waals surface area (Å²) in [5.74, 6) is 0.362. The van der Waals surface area contributed by atoms with Gasteiger partial charge in [-0.1, -0.05) is 27.5 Å². The van der Waals surface area contributed by atoms with Gasteiger partial charge in [0.05, 0.1) is 5.02 Å². The maximum absolute atomic E-state index is 11.1. The van der Waals surface area contributed by atoms with Crippen LogP contribution in [-0.2, 0) is 9.53 Å². The molecule has 1 aromatic rings. The van der Waals surface area contributed by atoms with Crippen molar-refractivity contribution in [2.45, 2.75) is 0 Å². The van der Waals surface area contributed by atoms with Gasteiger partial charge in [0, 0.05) is 11.6 Å². The van der Waals surface area contributed by atoms with Gasteiger partial charge in [-0.3, -0.25) is 4.79 Å². The Morgan fingerprint density at radius 3 is 2.80 bits per heavy atom. The molecular weight excluding hydrogens is 283 g/mol. The second-order valence-electron chi connectivity index (χ2n) is 2.84. The first-order chi connectivity index (χ1) is 7.13. The van der Waals surface area contributed by atoms with Crippen LogP contribution >= 0.6 is 27.5 Å². The van der Waals surface area contributed by atoms with Crippen molar-refractivity contribution in [3.8, 4) is 5.75 Å². The zero-order valence-electron chi connectivity index (χ0n) is 8.13. The highest BCUT2D eigenvalue weighted by Gasteiger charge is 2.05. The average Bonchev–Trinajstić information content (AvgIpc) is 2.17. The van der Waals surface area contributed by atoms with Crippen molar-refractivity contribution in [2.75, 3.05) is 20.3 Å². The van der Waals surface area contributed by atoms with Crippen LogP contribution in [0.1, 0.15) is 0 Å². The minimum Gasteiger partial charge on any atom is -0.484 e. The summed E-state index contributed by atoms with van der Waals surface area (Å²) in [4.78, 5) is 11.1. The van der Waals surface area contributed by atoms with Crippen molar-refractivity contribution >= 4 is 33.3 Å². The maximum Gasteiger partial charge on any atom is 0.195 e. The lowest BCUT2D eigenvalue weighted by atomic mass is 10.3. The molecule has 0 saturated heterocycles. The monoisotopic (exact) mass is 292 g/mol. The number of hydrogen-bond donors (Lipinski definition) is 0. The van der Waals surface area contributed by atoms with Crippen LogP contribution in [0.4, 0.5) is 0 Å². The lowest BCUT2D eigenvalue weighted by Crippen LogP contribution is -2.16. The van der Waals surface area contributed by atoms with E-state index in [0.29, 0.717) is 10.8 Å².